The number of imidazole rings is 1. The Morgan fingerprint density at radius 2 is 1.83 bits per heavy atom. The van der Waals surface area contributed by atoms with Crippen molar-refractivity contribution in [1.82, 2.24) is 9.55 Å². The van der Waals surface area contributed by atoms with Crippen LogP contribution < -0.4 is 5.73 Å². The molecule has 0 amide bonds. The van der Waals surface area contributed by atoms with Crippen molar-refractivity contribution in [2.24, 2.45) is 5.73 Å². The van der Waals surface area contributed by atoms with Crippen molar-refractivity contribution in [2.75, 3.05) is 0 Å². The molecule has 0 atom stereocenters. The van der Waals surface area contributed by atoms with Crippen molar-refractivity contribution in [3.63, 3.8) is 0 Å². The molecular weight excluding hydrogens is 243 g/mol. The van der Waals surface area contributed by atoms with Gasteiger partial charge in [0.25, 0.3) is 0 Å². The summed E-state index contributed by atoms with van der Waals surface area (Å²) in [6.45, 7) is 0.762. The van der Waals surface area contributed by atoms with Crippen LogP contribution in [0.2, 0.25) is 0 Å². The minimum atomic E-state index is -4.30. The summed E-state index contributed by atoms with van der Waals surface area (Å²) >= 11 is 0. The summed E-state index contributed by atoms with van der Waals surface area (Å²) in [7, 11) is 0. The lowest BCUT2D eigenvalue weighted by Crippen LogP contribution is -2.09. The maximum Gasteiger partial charge on any atom is 0.416 e. The van der Waals surface area contributed by atoms with Gasteiger partial charge in [0.2, 0.25) is 0 Å². The molecule has 1 aromatic carbocycles. The molecule has 0 saturated heterocycles. The van der Waals surface area contributed by atoms with Crippen molar-refractivity contribution in [3.8, 4) is 0 Å². The van der Waals surface area contributed by atoms with E-state index >= 15 is 0 Å². The molecule has 3 nitrogen and oxygen atoms in total. The molecule has 2 N–H and O–H groups in total. The lowest BCUT2D eigenvalue weighted by molar-refractivity contribution is -0.137. The van der Waals surface area contributed by atoms with Gasteiger partial charge < -0.3 is 10.3 Å². The van der Waals surface area contributed by atoms with Crippen LogP contribution >= 0.6 is 0 Å². The molecule has 6 heteroatoms. The van der Waals surface area contributed by atoms with Gasteiger partial charge in [-0.05, 0) is 17.7 Å². The molecule has 0 aliphatic carbocycles. The van der Waals surface area contributed by atoms with E-state index in [1.54, 1.807) is 12.4 Å². The van der Waals surface area contributed by atoms with E-state index in [1.165, 1.54) is 12.1 Å². The minimum absolute atomic E-state index is 0.299. The summed E-state index contributed by atoms with van der Waals surface area (Å²) in [5.41, 5.74) is 5.63. The Morgan fingerprint density at radius 1 is 1.17 bits per heavy atom. The first-order valence-electron chi connectivity index (χ1n) is 5.37. The van der Waals surface area contributed by atoms with Crippen molar-refractivity contribution in [3.05, 3.63) is 53.6 Å². The highest BCUT2D eigenvalue weighted by Gasteiger charge is 2.29. The van der Waals surface area contributed by atoms with Gasteiger partial charge in [-0.1, -0.05) is 12.1 Å². The van der Waals surface area contributed by atoms with E-state index in [0.29, 0.717) is 18.9 Å². The average molecular weight is 255 g/mol. The van der Waals surface area contributed by atoms with E-state index < -0.39 is 11.7 Å². The molecule has 1 aromatic heterocycles. The van der Waals surface area contributed by atoms with Crippen LogP contribution in [0.25, 0.3) is 0 Å². The van der Waals surface area contributed by atoms with Crippen LogP contribution in [0.3, 0.4) is 0 Å². The molecule has 18 heavy (non-hydrogen) atoms. The number of benzene rings is 1. The number of halogens is 3. The zero-order chi connectivity index (χ0) is 13.2. The Hall–Kier alpha value is -1.82. The standard InChI is InChI=1S/C12H12F3N3/c13-12(14,15)10-3-1-9(2-4-10)8-18-6-5-17-11(18)7-16/h1-6H,7-8,16H2. The number of hydrogen-bond donors (Lipinski definition) is 1. The highest BCUT2D eigenvalue weighted by atomic mass is 19.4. The van der Waals surface area contributed by atoms with Crippen molar-refractivity contribution in [2.45, 2.75) is 19.3 Å². The second-order valence-corrected chi connectivity index (χ2v) is 3.87. The number of nitrogens with zero attached hydrogens (tertiary/aromatic N) is 2. The van der Waals surface area contributed by atoms with Gasteiger partial charge in [-0.2, -0.15) is 13.2 Å². The first-order valence-corrected chi connectivity index (χ1v) is 5.37. The lowest BCUT2D eigenvalue weighted by Gasteiger charge is -2.09. The molecule has 0 fully saturated rings. The van der Waals surface area contributed by atoms with E-state index in [4.69, 9.17) is 5.73 Å². The highest BCUT2D eigenvalue weighted by molar-refractivity contribution is 5.25. The third kappa shape index (κ3) is 2.70. The van der Waals surface area contributed by atoms with E-state index in [1.807, 2.05) is 4.57 Å². The molecule has 0 unspecified atom stereocenters. The smallest absolute Gasteiger partial charge is 0.329 e. The van der Waals surface area contributed by atoms with Gasteiger partial charge >= 0.3 is 6.18 Å². The summed E-state index contributed by atoms with van der Waals surface area (Å²) in [5.74, 6) is 0.704. The molecule has 0 bridgehead atoms. The summed E-state index contributed by atoms with van der Waals surface area (Å²) < 4.78 is 39.0. The second kappa shape index (κ2) is 4.81. The van der Waals surface area contributed by atoms with E-state index in [-0.39, 0.29) is 0 Å². The first-order chi connectivity index (χ1) is 8.50. The highest BCUT2D eigenvalue weighted by Crippen LogP contribution is 2.29. The number of hydrogen-bond acceptors (Lipinski definition) is 2. The van der Waals surface area contributed by atoms with E-state index in [9.17, 15) is 13.2 Å². The first kappa shape index (κ1) is 12.6. The monoisotopic (exact) mass is 255 g/mol. The summed E-state index contributed by atoms with van der Waals surface area (Å²) in [6.07, 6.45) is -0.928. The third-order valence-corrected chi connectivity index (χ3v) is 2.62. The molecule has 2 aromatic rings. The fraction of sp³-hybridized carbons (Fsp3) is 0.250. The number of nitrogens with two attached hydrogens (primary N) is 1. The van der Waals surface area contributed by atoms with Crippen LogP contribution in [0.1, 0.15) is 17.0 Å². The van der Waals surface area contributed by atoms with Crippen LogP contribution in [0.4, 0.5) is 13.2 Å². The number of aromatic nitrogens is 2. The predicted octanol–water partition coefficient (Wildman–Crippen LogP) is 2.41. The normalized spacial score (nSPS) is 11.8. The van der Waals surface area contributed by atoms with Crippen molar-refractivity contribution in [1.29, 1.82) is 0 Å². The van der Waals surface area contributed by atoms with Crippen LogP contribution in [0.5, 0.6) is 0 Å². The van der Waals surface area contributed by atoms with Gasteiger partial charge in [0.05, 0.1) is 12.1 Å². The fourth-order valence-corrected chi connectivity index (χ4v) is 1.67. The van der Waals surface area contributed by atoms with Crippen LogP contribution in [0, 0.1) is 0 Å². The zero-order valence-corrected chi connectivity index (χ0v) is 9.48. The topological polar surface area (TPSA) is 43.8 Å². The van der Waals surface area contributed by atoms with Crippen molar-refractivity contribution >= 4 is 0 Å². The summed E-state index contributed by atoms with van der Waals surface area (Å²) in [4.78, 5) is 4.05. The molecule has 0 spiro atoms. The Kier molecular flexibility index (Phi) is 3.38. The SMILES string of the molecule is NCc1nccn1Cc1ccc(C(F)(F)F)cc1. The molecule has 0 aliphatic rings. The van der Waals surface area contributed by atoms with Crippen LogP contribution in [0.15, 0.2) is 36.7 Å². The van der Waals surface area contributed by atoms with E-state index in [2.05, 4.69) is 4.98 Å². The zero-order valence-electron chi connectivity index (χ0n) is 9.48. The van der Waals surface area contributed by atoms with Crippen LogP contribution in [-0.4, -0.2) is 9.55 Å². The molecule has 1 heterocycles. The van der Waals surface area contributed by atoms with Gasteiger partial charge in [0.15, 0.2) is 0 Å². The van der Waals surface area contributed by atoms with Gasteiger partial charge in [-0.15, -0.1) is 0 Å². The summed E-state index contributed by atoms with van der Waals surface area (Å²) in [5, 5.41) is 0. The molecule has 0 saturated carbocycles. The predicted molar refractivity (Wildman–Crippen MR) is 60.7 cm³/mol. The second-order valence-electron chi connectivity index (χ2n) is 3.87. The Bertz CT molecular complexity index is 514. The lowest BCUT2D eigenvalue weighted by atomic mass is 10.1. The Balaban J connectivity index is 2.16. The Morgan fingerprint density at radius 3 is 2.39 bits per heavy atom. The number of rotatable bonds is 3. The molecule has 0 aliphatic heterocycles. The Labute approximate surface area is 102 Å². The van der Waals surface area contributed by atoms with Gasteiger partial charge in [0.1, 0.15) is 5.82 Å². The third-order valence-electron chi connectivity index (χ3n) is 2.62. The molecular formula is C12H12F3N3. The average Bonchev–Trinajstić information content (AvgIpc) is 2.76. The maximum absolute atomic E-state index is 12.4. The molecule has 0 radical (unpaired) electrons. The molecule has 96 valence electrons. The van der Waals surface area contributed by atoms with Gasteiger partial charge in [0, 0.05) is 18.9 Å². The fourth-order valence-electron chi connectivity index (χ4n) is 1.67. The van der Waals surface area contributed by atoms with Gasteiger partial charge in [-0.25, -0.2) is 4.98 Å². The molecule has 2 rings (SSSR count). The maximum atomic E-state index is 12.4. The van der Waals surface area contributed by atoms with Crippen molar-refractivity contribution < 1.29 is 13.2 Å². The van der Waals surface area contributed by atoms with Crippen LogP contribution in [-0.2, 0) is 19.3 Å². The minimum Gasteiger partial charge on any atom is -0.329 e. The van der Waals surface area contributed by atoms with Gasteiger partial charge in [-0.3, -0.25) is 0 Å². The number of alkyl halides is 3. The van der Waals surface area contributed by atoms with E-state index in [0.717, 1.165) is 17.7 Å². The quantitative estimate of drug-likeness (QED) is 0.915. The summed E-state index contributed by atoms with van der Waals surface area (Å²) in [6, 6.07) is 5.08. The largest absolute Gasteiger partial charge is 0.416 e.